The molecule has 4 aliphatic rings. The molecule has 4 fully saturated rings. The van der Waals surface area contributed by atoms with E-state index in [1.807, 2.05) is 6.20 Å². The van der Waals surface area contributed by atoms with Gasteiger partial charge in [-0.05, 0) is 62.3 Å². The van der Waals surface area contributed by atoms with Gasteiger partial charge in [0, 0.05) is 56.7 Å². The SMILES string of the molecule is CC1CCCC(OCCCC(=O)N2CCCOC3C(c4cnn(CC5C(F)CC(C(N)=O)CC5F)c4)CCCC32)C1C. The summed E-state index contributed by atoms with van der Waals surface area (Å²) < 4.78 is 43.9. The first-order chi connectivity index (χ1) is 20.2. The molecule has 1 aromatic rings. The van der Waals surface area contributed by atoms with E-state index in [4.69, 9.17) is 15.2 Å². The van der Waals surface area contributed by atoms with Crippen LogP contribution < -0.4 is 5.73 Å². The average Bonchev–Trinajstić information content (AvgIpc) is 3.32. The number of alkyl halides is 2. The van der Waals surface area contributed by atoms with Crippen LogP contribution in [0.3, 0.4) is 0 Å². The van der Waals surface area contributed by atoms with Gasteiger partial charge in [-0.1, -0.05) is 33.1 Å². The lowest BCUT2D eigenvalue weighted by atomic mass is 9.78. The zero-order valence-corrected chi connectivity index (χ0v) is 25.3. The zero-order chi connectivity index (χ0) is 29.8. The van der Waals surface area contributed by atoms with Gasteiger partial charge in [-0.25, -0.2) is 8.78 Å². The highest BCUT2D eigenvalue weighted by Gasteiger charge is 2.43. The van der Waals surface area contributed by atoms with Crippen molar-refractivity contribution in [2.75, 3.05) is 19.8 Å². The monoisotopic (exact) mass is 592 g/mol. The minimum atomic E-state index is -1.44. The van der Waals surface area contributed by atoms with Gasteiger partial charge in [-0.3, -0.25) is 14.3 Å². The van der Waals surface area contributed by atoms with E-state index in [1.54, 1.807) is 10.9 Å². The first-order valence-electron chi connectivity index (χ1n) is 16.3. The van der Waals surface area contributed by atoms with Crippen molar-refractivity contribution in [1.82, 2.24) is 14.7 Å². The van der Waals surface area contributed by atoms with E-state index < -0.39 is 30.1 Å². The van der Waals surface area contributed by atoms with Gasteiger partial charge in [-0.15, -0.1) is 0 Å². The predicted molar refractivity (Wildman–Crippen MR) is 155 cm³/mol. The minimum Gasteiger partial charge on any atom is -0.378 e. The Bertz CT molecular complexity index is 1040. The number of rotatable bonds is 9. The number of carbonyl (C=O) groups is 2. The second kappa shape index (κ2) is 14.1. The standard InChI is InChI=1S/C32H50F2N4O4/c1-20-7-3-10-29(21(20)2)41-13-5-11-30(39)38-12-6-14-42-31-24(8-4-9-28(31)38)23-17-36-37(18-23)19-25-26(33)15-22(32(35)40)16-27(25)34/h17-18,20-22,24-29,31H,3-16,19H2,1-2H3,(H2,35,40). The molecule has 1 aromatic heterocycles. The lowest BCUT2D eigenvalue weighted by Gasteiger charge is -2.41. The van der Waals surface area contributed by atoms with Gasteiger partial charge in [0.25, 0.3) is 0 Å². The summed E-state index contributed by atoms with van der Waals surface area (Å²) in [5, 5.41) is 4.46. The van der Waals surface area contributed by atoms with Gasteiger partial charge < -0.3 is 20.1 Å². The molecule has 2 N–H and O–H groups in total. The molecule has 8 unspecified atom stereocenters. The average molecular weight is 593 g/mol. The lowest BCUT2D eigenvalue weighted by Crippen LogP contribution is -2.50. The molecule has 3 saturated carbocycles. The second-order valence-corrected chi connectivity index (χ2v) is 13.4. The number of aromatic nitrogens is 2. The molecule has 0 spiro atoms. The first kappa shape index (κ1) is 31.4. The molecule has 42 heavy (non-hydrogen) atoms. The van der Waals surface area contributed by atoms with E-state index in [1.165, 1.54) is 12.8 Å². The van der Waals surface area contributed by atoms with Gasteiger partial charge in [0.2, 0.25) is 11.8 Å². The molecule has 0 radical (unpaired) electrons. The Morgan fingerprint density at radius 2 is 1.86 bits per heavy atom. The number of primary amides is 1. The molecular formula is C32H50F2N4O4. The number of fused-ring (bicyclic) bond motifs is 1. The number of nitrogens with zero attached hydrogens (tertiary/aromatic N) is 3. The van der Waals surface area contributed by atoms with Crippen LogP contribution in [-0.2, 0) is 25.6 Å². The Kier molecular flexibility index (Phi) is 10.6. The first-order valence-corrected chi connectivity index (χ1v) is 16.3. The van der Waals surface area contributed by atoms with E-state index in [0.717, 1.165) is 44.1 Å². The van der Waals surface area contributed by atoms with Crippen molar-refractivity contribution in [3.05, 3.63) is 18.0 Å². The molecule has 8 atom stereocenters. The van der Waals surface area contributed by atoms with Crippen LogP contribution in [0.5, 0.6) is 0 Å². The Balaban J connectivity index is 1.17. The fourth-order valence-corrected chi connectivity index (χ4v) is 7.92. The van der Waals surface area contributed by atoms with Crippen molar-refractivity contribution >= 4 is 11.8 Å². The summed E-state index contributed by atoms with van der Waals surface area (Å²) in [4.78, 5) is 27.0. The van der Waals surface area contributed by atoms with Crippen LogP contribution in [0.2, 0.25) is 0 Å². The van der Waals surface area contributed by atoms with Crippen LogP contribution in [0.4, 0.5) is 8.78 Å². The predicted octanol–water partition coefficient (Wildman–Crippen LogP) is 4.95. The molecule has 8 nitrogen and oxygen atoms in total. The molecule has 1 aliphatic heterocycles. The van der Waals surface area contributed by atoms with Crippen molar-refractivity contribution in [3.63, 3.8) is 0 Å². The molecule has 3 aliphatic carbocycles. The van der Waals surface area contributed by atoms with Gasteiger partial charge in [0.1, 0.15) is 12.3 Å². The highest BCUT2D eigenvalue weighted by atomic mass is 19.1. The minimum absolute atomic E-state index is 0.0109. The summed E-state index contributed by atoms with van der Waals surface area (Å²) in [6.45, 7) is 6.63. The smallest absolute Gasteiger partial charge is 0.222 e. The normalized spacial score (nSPS) is 37.6. The van der Waals surface area contributed by atoms with Crippen molar-refractivity contribution in [2.24, 2.45) is 29.4 Å². The number of hydrogen-bond acceptors (Lipinski definition) is 5. The summed E-state index contributed by atoms with van der Waals surface area (Å²) in [7, 11) is 0. The maximum Gasteiger partial charge on any atom is 0.222 e. The van der Waals surface area contributed by atoms with Crippen molar-refractivity contribution < 1.29 is 27.8 Å². The third-order valence-electron chi connectivity index (χ3n) is 10.7. The van der Waals surface area contributed by atoms with Crippen molar-refractivity contribution in [3.8, 4) is 0 Å². The maximum absolute atomic E-state index is 14.8. The molecule has 236 valence electrons. The van der Waals surface area contributed by atoms with Crippen LogP contribution in [0.25, 0.3) is 0 Å². The number of ether oxygens (including phenoxy) is 2. The topological polar surface area (TPSA) is 99.7 Å². The van der Waals surface area contributed by atoms with Gasteiger partial charge >= 0.3 is 0 Å². The Hall–Kier alpha value is -2.07. The van der Waals surface area contributed by atoms with E-state index in [2.05, 4.69) is 23.8 Å². The van der Waals surface area contributed by atoms with Gasteiger partial charge in [-0.2, -0.15) is 5.10 Å². The highest BCUT2D eigenvalue weighted by molar-refractivity contribution is 5.77. The molecule has 5 rings (SSSR count). The van der Waals surface area contributed by atoms with Crippen LogP contribution in [0.15, 0.2) is 12.4 Å². The lowest BCUT2D eigenvalue weighted by molar-refractivity contribution is -0.137. The third-order valence-corrected chi connectivity index (χ3v) is 10.7. The molecule has 2 amide bonds. The highest BCUT2D eigenvalue weighted by Crippen LogP contribution is 2.40. The quantitative estimate of drug-likeness (QED) is 0.410. The summed E-state index contributed by atoms with van der Waals surface area (Å²) in [6, 6.07) is 0.0109. The number of carbonyl (C=O) groups excluding carboxylic acids is 2. The Morgan fingerprint density at radius 1 is 1.10 bits per heavy atom. The van der Waals surface area contributed by atoms with E-state index in [9.17, 15) is 18.4 Å². The number of amides is 2. The largest absolute Gasteiger partial charge is 0.378 e. The molecular weight excluding hydrogens is 542 g/mol. The number of nitrogens with two attached hydrogens (primary N) is 1. The fraction of sp³-hybridized carbons (Fsp3) is 0.844. The molecule has 2 heterocycles. The van der Waals surface area contributed by atoms with Crippen molar-refractivity contribution in [2.45, 2.75) is 128 Å². The molecule has 0 aromatic carbocycles. The van der Waals surface area contributed by atoms with E-state index >= 15 is 0 Å². The summed E-state index contributed by atoms with van der Waals surface area (Å²) in [5.74, 6) is -0.755. The molecule has 10 heteroatoms. The number of halogens is 2. The summed E-state index contributed by atoms with van der Waals surface area (Å²) >= 11 is 0. The Labute approximate surface area is 249 Å². The van der Waals surface area contributed by atoms with Gasteiger partial charge in [0.15, 0.2) is 0 Å². The molecule has 0 bridgehead atoms. The van der Waals surface area contributed by atoms with E-state index in [0.29, 0.717) is 44.1 Å². The second-order valence-electron chi connectivity index (χ2n) is 13.4. The maximum atomic E-state index is 14.8. The van der Waals surface area contributed by atoms with Crippen LogP contribution in [0.1, 0.15) is 96.0 Å². The van der Waals surface area contributed by atoms with Crippen LogP contribution in [0, 0.1) is 23.7 Å². The van der Waals surface area contributed by atoms with E-state index in [-0.39, 0.29) is 43.4 Å². The zero-order valence-electron chi connectivity index (χ0n) is 25.3. The summed E-state index contributed by atoms with van der Waals surface area (Å²) in [5.41, 5.74) is 6.29. The Morgan fingerprint density at radius 3 is 2.62 bits per heavy atom. The van der Waals surface area contributed by atoms with Crippen LogP contribution >= 0.6 is 0 Å². The number of hydrogen-bond donors (Lipinski definition) is 1. The fourth-order valence-electron chi connectivity index (χ4n) is 7.92. The summed E-state index contributed by atoms with van der Waals surface area (Å²) in [6.07, 6.45) is 9.31. The molecule has 1 saturated heterocycles. The van der Waals surface area contributed by atoms with Crippen LogP contribution in [-0.4, -0.2) is 76.8 Å². The van der Waals surface area contributed by atoms with Gasteiger partial charge in [0.05, 0.1) is 24.4 Å². The third kappa shape index (κ3) is 7.17. The van der Waals surface area contributed by atoms with Crippen molar-refractivity contribution in [1.29, 1.82) is 0 Å².